The second-order valence-corrected chi connectivity index (χ2v) is 5.54. The quantitative estimate of drug-likeness (QED) is 0.864. The maximum atomic E-state index is 12.3. The van der Waals surface area contributed by atoms with Crippen molar-refractivity contribution < 1.29 is 14.7 Å². The van der Waals surface area contributed by atoms with Gasteiger partial charge in [-0.25, -0.2) is 4.98 Å². The van der Waals surface area contributed by atoms with Gasteiger partial charge in [-0.2, -0.15) is 0 Å². The Morgan fingerprint density at radius 2 is 2.32 bits per heavy atom. The van der Waals surface area contributed by atoms with Gasteiger partial charge in [-0.3, -0.25) is 9.59 Å². The average molecular weight is 327 g/mol. The molecule has 2 heterocycles. The molecule has 19 heavy (non-hydrogen) atoms. The van der Waals surface area contributed by atoms with Crippen LogP contribution < -0.4 is 0 Å². The number of hydrogen-bond acceptors (Lipinski definition) is 3. The van der Waals surface area contributed by atoms with E-state index in [0.29, 0.717) is 23.3 Å². The Morgan fingerprint density at radius 1 is 1.53 bits per heavy atom. The lowest BCUT2D eigenvalue weighted by molar-refractivity contribution is -0.138. The first-order valence-corrected chi connectivity index (χ1v) is 6.98. The van der Waals surface area contributed by atoms with E-state index in [-0.39, 0.29) is 18.2 Å². The van der Waals surface area contributed by atoms with Crippen molar-refractivity contribution in [2.45, 2.75) is 19.3 Å². The third-order valence-electron chi connectivity index (χ3n) is 3.24. The van der Waals surface area contributed by atoms with Gasteiger partial charge < -0.3 is 10.0 Å². The molecule has 1 saturated heterocycles. The molecule has 0 spiro atoms. The molecule has 1 N–H and O–H groups in total. The molecule has 1 amide bonds. The number of halogens is 1. The van der Waals surface area contributed by atoms with Crippen LogP contribution in [-0.2, 0) is 4.79 Å². The van der Waals surface area contributed by atoms with Crippen molar-refractivity contribution in [1.82, 2.24) is 9.88 Å². The summed E-state index contributed by atoms with van der Waals surface area (Å²) in [6.07, 6.45) is 3.44. The molecule has 0 saturated carbocycles. The molecule has 102 valence electrons. The molecule has 1 aromatic heterocycles. The number of pyridine rings is 1. The zero-order chi connectivity index (χ0) is 13.8. The normalized spacial score (nSPS) is 19.2. The van der Waals surface area contributed by atoms with E-state index in [9.17, 15) is 9.59 Å². The van der Waals surface area contributed by atoms with Gasteiger partial charge in [-0.1, -0.05) is 0 Å². The van der Waals surface area contributed by atoms with Crippen LogP contribution in [0.25, 0.3) is 0 Å². The highest BCUT2D eigenvalue weighted by Gasteiger charge is 2.25. The Balaban J connectivity index is 2.04. The molecule has 5 nitrogen and oxygen atoms in total. The minimum absolute atomic E-state index is 0.0560. The van der Waals surface area contributed by atoms with E-state index in [1.165, 1.54) is 0 Å². The molecule has 1 aliphatic heterocycles. The van der Waals surface area contributed by atoms with Crippen LogP contribution >= 0.6 is 15.9 Å². The van der Waals surface area contributed by atoms with Crippen LogP contribution in [0, 0.1) is 5.92 Å². The standard InChI is InChI=1S/C13H15BrN2O3/c14-11-7-10(3-4-15-11)13(19)16-5-1-2-9(8-16)6-12(17)18/h3-4,7,9H,1-2,5-6,8H2,(H,17,18). The van der Waals surface area contributed by atoms with Gasteiger partial charge in [0.2, 0.25) is 0 Å². The van der Waals surface area contributed by atoms with E-state index in [4.69, 9.17) is 5.11 Å². The number of piperidine rings is 1. The maximum absolute atomic E-state index is 12.3. The number of carbonyl (C=O) groups excluding carboxylic acids is 1. The van der Waals surface area contributed by atoms with Crippen molar-refractivity contribution in [2.75, 3.05) is 13.1 Å². The van der Waals surface area contributed by atoms with Crippen LogP contribution in [0.2, 0.25) is 0 Å². The second kappa shape index (κ2) is 6.14. The van der Waals surface area contributed by atoms with Gasteiger partial charge in [-0.15, -0.1) is 0 Å². The van der Waals surface area contributed by atoms with Gasteiger partial charge >= 0.3 is 5.97 Å². The van der Waals surface area contributed by atoms with Gasteiger partial charge in [0.25, 0.3) is 5.91 Å². The van der Waals surface area contributed by atoms with Gasteiger partial charge in [0.05, 0.1) is 0 Å². The third kappa shape index (κ3) is 3.76. The largest absolute Gasteiger partial charge is 0.481 e. The van der Waals surface area contributed by atoms with Gasteiger partial charge in [0, 0.05) is 31.3 Å². The number of likely N-dealkylation sites (tertiary alicyclic amines) is 1. The van der Waals surface area contributed by atoms with Gasteiger partial charge in [-0.05, 0) is 46.8 Å². The number of rotatable bonds is 3. The molecule has 6 heteroatoms. The molecule has 2 rings (SSSR count). The van der Waals surface area contributed by atoms with Gasteiger partial charge in [0.1, 0.15) is 4.60 Å². The molecule has 1 fully saturated rings. The smallest absolute Gasteiger partial charge is 0.303 e. The molecular weight excluding hydrogens is 312 g/mol. The van der Waals surface area contributed by atoms with Crippen LogP contribution in [0.1, 0.15) is 29.6 Å². The number of carbonyl (C=O) groups is 2. The number of aromatic nitrogens is 1. The van der Waals surface area contributed by atoms with E-state index >= 15 is 0 Å². The Kier molecular flexibility index (Phi) is 4.52. The number of amides is 1. The fourth-order valence-corrected chi connectivity index (χ4v) is 2.75. The van der Waals surface area contributed by atoms with Crippen LogP contribution in [0.3, 0.4) is 0 Å². The first-order valence-electron chi connectivity index (χ1n) is 6.19. The number of nitrogens with zero attached hydrogens (tertiary/aromatic N) is 2. The summed E-state index contributed by atoms with van der Waals surface area (Å²) >= 11 is 3.24. The van der Waals surface area contributed by atoms with E-state index in [2.05, 4.69) is 20.9 Å². The van der Waals surface area contributed by atoms with Gasteiger partial charge in [0.15, 0.2) is 0 Å². The molecular formula is C13H15BrN2O3. The average Bonchev–Trinajstić information content (AvgIpc) is 2.37. The van der Waals surface area contributed by atoms with Crippen LogP contribution in [-0.4, -0.2) is 40.0 Å². The summed E-state index contributed by atoms with van der Waals surface area (Å²) in [5.74, 6) is -0.801. The summed E-state index contributed by atoms with van der Waals surface area (Å²) in [4.78, 5) is 28.8. The zero-order valence-corrected chi connectivity index (χ0v) is 12.0. The summed E-state index contributed by atoms with van der Waals surface area (Å²) in [6.45, 7) is 1.21. The van der Waals surface area contributed by atoms with E-state index < -0.39 is 5.97 Å². The summed E-state index contributed by atoms with van der Waals surface area (Å²) < 4.78 is 0.623. The lowest BCUT2D eigenvalue weighted by Gasteiger charge is -2.32. The Morgan fingerprint density at radius 3 is 3.00 bits per heavy atom. The molecule has 0 bridgehead atoms. The van der Waals surface area contributed by atoms with Crippen molar-refractivity contribution in [3.05, 3.63) is 28.5 Å². The molecule has 0 aliphatic carbocycles. The van der Waals surface area contributed by atoms with Crippen molar-refractivity contribution in [1.29, 1.82) is 0 Å². The molecule has 1 aliphatic rings. The Labute approximate surface area is 119 Å². The highest BCUT2D eigenvalue weighted by Crippen LogP contribution is 2.21. The van der Waals surface area contributed by atoms with Crippen molar-refractivity contribution >= 4 is 27.8 Å². The topological polar surface area (TPSA) is 70.5 Å². The fourth-order valence-electron chi connectivity index (χ4n) is 2.38. The lowest BCUT2D eigenvalue weighted by atomic mass is 9.94. The molecule has 0 radical (unpaired) electrons. The molecule has 1 aromatic rings. The summed E-state index contributed by atoms with van der Waals surface area (Å²) in [7, 11) is 0. The maximum Gasteiger partial charge on any atom is 0.303 e. The molecule has 1 unspecified atom stereocenters. The SMILES string of the molecule is O=C(O)CC1CCCN(C(=O)c2ccnc(Br)c2)C1. The predicted octanol–water partition coefficient (Wildman–Crippen LogP) is 2.17. The Bertz CT molecular complexity index is 493. The van der Waals surface area contributed by atoms with E-state index in [1.807, 2.05) is 0 Å². The highest BCUT2D eigenvalue weighted by atomic mass is 79.9. The fraction of sp³-hybridized carbons (Fsp3) is 0.462. The van der Waals surface area contributed by atoms with E-state index in [0.717, 1.165) is 12.8 Å². The summed E-state index contributed by atoms with van der Waals surface area (Å²) in [5.41, 5.74) is 0.581. The third-order valence-corrected chi connectivity index (χ3v) is 3.68. The number of carboxylic acid groups (broad SMARTS) is 1. The monoisotopic (exact) mass is 326 g/mol. The van der Waals surface area contributed by atoms with Crippen LogP contribution in [0.5, 0.6) is 0 Å². The van der Waals surface area contributed by atoms with E-state index in [1.54, 1.807) is 23.2 Å². The number of hydrogen-bond donors (Lipinski definition) is 1. The second-order valence-electron chi connectivity index (χ2n) is 4.72. The number of aliphatic carboxylic acids is 1. The van der Waals surface area contributed by atoms with Crippen LogP contribution in [0.15, 0.2) is 22.9 Å². The minimum atomic E-state index is -0.800. The Hall–Kier alpha value is -1.43. The molecule has 0 aromatic carbocycles. The first-order chi connectivity index (χ1) is 9.06. The van der Waals surface area contributed by atoms with Crippen molar-refractivity contribution in [3.63, 3.8) is 0 Å². The molecule has 1 atom stereocenters. The summed E-state index contributed by atoms with van der Waals surface area (Å²) in [6, 6.07) is 3.36. The number of carboxylic acids is 1. The minimum Gasteiger partial charge on any atom is -0.481 e. The predicted molar refractivity (Wildman–Crippen MR) is 72.8 cm³/mol. The zero-order valence-electron chi connectivity index (χ0n) is 10.4. The lowest BCUT2D eigenvalue weighted by Crippen LogP contribution is -2.40. The summed E-state index contributed by atoms with van der Waals surface area (Å²) in [5, 5.41) is 8.83. The highest BCUT2D eigenvalue weighted by molar-refractivity contribution is 9.10. The van der Waals surface area contributed by atoms with Crippen molar-refractivity contribution in [3.8, 4) is 0 Å². The van der Waals surface area contributed by atoms with Crippen LogP contribution in [0.4, 0.5) is 0 Å². The first kappa shape index (κ1) is 14.0. The van der Waals surface area contributed by atoms with Crippen molar-refractivity contribution in [2.24, 2.45) is 5.92 Å².